The lowest BCUT2D eigenvalue weighted by Crippen LogP contribution is -2.49. The Labute approximate surface area is 279 Å². The molecule has 49 heavy (non-hydrogen) atoms. The number of rotatable bonds is 6. The Morgan fingerprint density at radius 3 is 2.61 bits per heavy atom. The summed E-state index contributed by atoms with van der Waals surface area (Å²) in [5, 5.41) is 18.9. The van der Waals surface area contributed by atoms with Crippen molar-refractivity contribution in [3.05, 3.63) is 119 Å². The second kappa shape index (κ2) is 11.5. The molecule has 3 aliphatic rings. The maximum atomic E-state index is 14.0. The minimum absolute atomic E-state index is 0.0361. The van der Waals surface area contributed by atoms with E-state index in [0.717, 1.165) is 34.2 Å². The minimum Gasteiger partial charge on any atom is -0.476 e. The Hall–Kier alpha value is -6.11. The van der Waals surface area contributed by atoms with Gasteiger partial charge in [-0.3, -0.25) is 4.79 Å². The normalized spacial score (nSPS) is 21.7. The lowest BCUT2D eigenvalue weighted by atomic mass is 9.72. The summed E-state index contributed by atoms with van der Waals surface area (Å²) in [5.74, 6) is -0.982. The van der Waals surface area contributed by atoms with Crippen molar-refractivity contribution in [2.45, 2.75) is 50.6 Å². The standard InChI is InChI=1S/C36H31N5O8/c1-18(2)27-32-41-28(31-37-25(17-46-31)33(43)44)29(49-32)36-21-10-6-7-11-23(21)38-34(36)48-26-13-12-20(14-22(26)36)15-24(30(42)40-27)39-35(45)47-16-19-8-4-3-5-9-19/h3-14,17-18,24,27,34,38H,15-16H2,1-2H3,(H,39,45)(H,40,42)(H,43,44)/t24-,27-,34?,36?/m0/s1. The Morgan fingerprint density at radius 2 is 1.84 bits per heavy atom. The fourth-order valence-corrected chi connectivity index (χ4v) is 6.84. The highest BCUT2D eigenvalue weighted by atomic mass is 16.5. The number of oxazole rings is 2. The number of alkyl carbamates (subject to hydrolysis) is 1. The molecule has 0 fully saturated rings. The molecule has 3 aromatic carbocycles. The van der Waals surface area contributed by atoms with Crippen LogP contribution in [0, 0.1) is 5.92 Å². The van der Waals surface area contributed by atoms with Crippen molar-refractivity contribution in [1.82, 2.24) is 20.6 Å². The van der Waals surface area contributed by atoms with Gasteiger partial charge in [0, 0.05) is 17.7 Å². The Kier molecular flexibility index (Phi) is 7.12. The monoisotopic (exact) mass is 661 g/mol. The van der Waals surface area contributed by atoms with E-state index >= 15 is 0 Å². The van der Waals surface area contributed by atoms with Crippen LogP contribution in [0.4, 0.5) is 10.5 Å². The van der Waals surface area contributed by atoms with E-state index in [1.165, 1.54) is 0 Å². The number of fused-ring (bicyclic) bond motifs is 4. The molecule has 5 aromatic rings. The van der Waals surface area contributed by atoms with Crippen molar-refractivity contribution in [3.8, 4) is 17.3 Å². The van der Waals surface area contributed by atoms with Crippen molar-refractivity contribution in [2.24, 2.45) is 5.92 Å². The van der Waals surface area contributed by atoms with Gasteiger partial charge in [0.2, 0.25) is 17.7 Å². The maximum absolute atomic E-state index is 14.0. The summed E-state index contributed by atoms with van der Waals surface area (Å²) < 4.78 is 24.4. The van der Waals surface area contributed by atoms with Gasteiger partial charge in [-0.25, -0.2) is 19.6 Å². The molecule has 0 aliphatic carbocycles. The molecule has 8 rings (SSSR count). The van der Waals surface area contributed by atoms with E-state index in [1.54, 1.807) is 0 Å². The van der Waals surface area contributed by atoms with Crippen LogP contribution in [0.3, 0.4) is 0 Å². The van der Waals surface area contributed by atoms with Crippen LogP contribution in [0.5, 0.6) is 5.75 Å². The zero-order valence-corrected chi connectivity index (χ0v) is 26.4. The number of ether oxygens (including phenoxy) is 2. The van der Waals surface area contributed by atoms with E-state index in [2.05, 4.69) is 20.9 Å². The molecule has 3 aliphatic heterocycles. The molecule has 4 N–H and O–H groups in total. The lowest BCUT2D eigenvalue weighted by molar-refractivity contribution is -0.124. The summed E-state index contributed by atoms with van der Waals surface area (Å²) in [6.07, 6.45) is -0.237. The largest absolute Gasteiger partial charge is 0.476 e. The zero-order chi connectivity index (χ0) is 33.9. The van der Waals surface area contributed by atoms with Gasteiger partial charge in [-0.15, -0.1) is 0 Å². The van der Waals surface area contributed by atoms with Crippen LogP contribution in [-0.4, -0.2) is 45.3 Å². The van der Waals surface area contributed by atoms with Crippen molar-refractivity contribution in [1.29, 1.82) is 0 Å². The molecule has 2 aromatic heterocycles. The van der Waals surface area contributed by atoms with Gasteiger partial charge in [-0.1, -0.05) is 74.5 Å². The van der Waals surface area contributed by atoms with Gasteiger partial charge in [-0.2, -0.15) is 0 Å². The van der Waals surface area contributed by atoms with Crippen molar-refractivity contribution in [2.75, 3.05) is 5.32 Å². The van der Waals surface area contributed by atoms with E-state index in [1.807, 2.05) is 86.6 Å². The molecule has 0 saturated heterocycles. The summed E-state index contributed by atoms with van der Waals surface area (Å²) in [5.41, 5.74) is 2.68. The second-order valence-electron chi connectivity index (χ2n) is 12.6. The van der Waals surface area contributed by atoms with E-state index in [4.69, 9.17) is 23.3 Å². The van der Waals surface area contributed by atoms with Gasteiger partial charge in [0.05, 0.1) is 0 Å². The third-order valence-electron chi connectivity index (χ3n) is 9.16. The molecule has 1 spiro atoms. The number of nitrogens with one attached hydrogen (secondary N) is 3. The maximum Gasteiger partial charge on any atom is 0.408 e. The molecule has 0 radical (unpaired) electrons. The van der Waals surface area contributed by atoms with Gasteiger partial charge in [0.15, 0.2) is 23.4 Å². The number of aromatic nitrogens is 2. The first-order valence-electron chi connectivity index (χ1n) is 15.9. The summed E-state index contributed by atoms with van der Waals surface area (Å²) in [4.78, 5) is 48.0. The van der Waals surface area contributed by atoms with Gasteiger partial charge >= 0.3 is 12.1 Å². The molecule has 4 bridgehead atoms. The predicted molar refractivity (Wildman–Crippen MR) is 173 cm³/mol. The van der Waals surface area contributed by atoms with Crippen LogP contribution < -0.4 is 20.7 Å². The first kappa shape index (κ1) is 30.2. The number of nitrogens with zero attached hydrogens (tertiary/aromatic N) is 2. The summed E-state index contributed by atoms with van der Waals surface area (Å²) in [6.45, 7) is 3.84. The predicted octanol–water partition coefficient (Wildman–Crippen LogP) is 5.17. The number of carbonyl (C=O) groups is 3. The fourth-order valence-electron chi connectivity index (χ4n) is 6.84. The minimum atomic E-state index is -1.26. The number of aromatic carboxylic acids is 1. The van der Waals surface area contributed by atoms with Crippen LogP contribution >= 0.6 is 0 Å². The number of anilines is 1. The number of para-hydroxylation sites is 1. The summed E-state index contributed by atoms with van der Waals surface area (Å²) >= 11 is 0. The molecular formula is C36H31N5O8. The average molecular weight is 662 g/mol. The van der Waals surface area contributed by atoms with E-state index in [-0.39, 0.29) is 42.1 Å². The lowest BCUT2D eigenvalue weighted by Gasteiger charge is -2.28. The topological polar surface area (TPSA) is 178 Å². The Balaban J connectivity index is 1.28. The van der Waals surface area contributed by atoms with Crippen molar-refractivity contribution < 1.29 is 37.8 Å². The number of hydrogen-bond donors (Lipinski definition) is 4. The van der Waals surface area contributed by atoms with E-state index < -0.39 is 41.7 Å². The third-order valence-corrected chi connectivity index (χ3v) is 9.16. The molecule has 5 heterocycles. The van der Waals surface area contributed by atoms with Crippen LogP contribution in [0.25, 0.3) is 11.6 Å². The van der Waals surface area contributed by atoms with Crippen molar-refractivity contribution in [3.63, 3.8) is 0 Å². The molecular weight excluding hydrogens is 630 g/mol. The molecule has 4 atom stereocenters. The zero-order valence-electron chi connectivity index (χ0n) is 26.4. The number of amides is 2. The number of hydrogen-bond acceptors (Lipinski definition) is 10. The number of carboxylic acid groups (broad SMARTS) is 1. The molecule has 2 amide bonds. The van der Waals surface area contributed by atoms with E-state index in [0.29, 0.717) is 11.5 Å². The van der Waals surface area contributed by atoms with Crippen molar-refractivity contribution >= 4 is 23.7 Å². The SMILES string of the molecule is CC(C)[C@@H]1NC(=O)[C@@H](NC(=O)OCc2ccccc2)Cc2ccc3c(c2)C2(c4ccccc4NC2O3)c2oc1nc2-c1nc(C(=O)O)co1. The van der Waals surface area contributed by atoms with Crippen LogP contribution in [0.1, 0.15) is 64.3 Å². The second-order valence-corrected chi connectivity index (χ2v) is 12.6. The average Bonchev–Trinajstić information content (AvgIpc) is 3.87. The van der Waals surface area contributed by atoms with Crippen LogP contribution in [0.2, 0.25) is 0 Å². The highest BCUT2D eigenvalue weighted by Crippen LogP contribution is 2.59. The third kappa shape index (κ3) is 4.96. The quantitative estimate of drug-likeness (QED) is 0.189. The smallest absolute Gasteiger partial charge is 0.408 e. The van der Waals surface area contributed by atoms with Crippen LogP contribution in [-0.2, 0) is 28.0 Å². The van der Waals surface area contributed by atoms with Gasteiger partial charge in [-0.05, 0) is 34.7 Å². The fraction of sp³-hybridized carbons (Fsp3) is 0.250. The van der Waals surface area contributed by atoms with Gasteiger partial charge < -0.3 is 39.4 Å². The Bertz CT molecular complexity index is 2110. The van der Waals surface area contributed by atoms with Gasteiger partial charge in [0.1, 0.15) is 36.1 Å². The highest BCUT2D eigenvalue weighted by molar-refractivity contribution is 5.87. The highest BCUT2D eigenvalue weighted by Gasteiger charge is 2.61. The molecule has 248 valence electrons. The molecule has 13 nitrogen and oxygen atoms in total. The Morgan fingerprint density at radius 1 is 1.04 bits per heavy atom. The summed E-state index contributed by atoms with van der Waals surface area (Å²) in [7, 11) is 0. The molecule has 13 heteroatoms. The molecule has 2 unspecified atom stereocenters. The number of benzene rings is 3. The first-order chi connectivity index (χ1) is 23.7. The molecule has 0 saturated carbocycles. The first-order valence-corrected chi connectivity index (χ1v) is 15.9. The van der Waals surface area contributed by atoms with Crippen LogP contribution in [0.15, 0.2) is 87.9 Å². The van der Waals surface area contributed by atoms with E-state index in [9.17, 15) is 19.5 Å². The number of carboxylic acids is 1. The summed E-state index contributed by atoms with van der Waals surface area (Å²) in [6, 6.07) is 20.8. The number of carbonyl (C=O) groups excluding carboxylic acids is 2. The van der Waals surface area contributed by atoms with Gasteiger partial charge in [0.25, 0.3) is 0 Å².